The molecular weight excluding hydrogens is 346 g/mol. The number of alkyl halides is 2. The normalized spacial score (nSPS) is 11.0. The molecule has 0 radical (unpaired) electrons. The van der Waals surface area contributed by atoms with Crippen LogP contribution in [0.1, 0.15) is 18.1 Å². The molecule has 25 heavy (non-hydrogen) atoms. The van der Waals surface area contributed by atoms with Gasteiger partial charge in [0.15, 0.2) is 6.61 Å². The molecule has 2 rings (SSSR count). The Morgan fingerprint density at radius 2 is 1.88 bits per heavy atom. The lowest BCUT2D eigenvalue weighted by Gasteiger charge is -2.05. The van der Waals surface area contributed by atoms with Crippen LogP contribution >= 0.6 is 11.8 Å². The first-order chi connectivity index (χ1) is 12.1. The highest BCUT2D eigenvalue weighted by molar-refractivity contribution is 7.99. The van der Waals surface area contributed by atoms with Crippen molar-refractivity contribution in [2.75, 3.05) is 11.9 Å². The summed E-state index contributed by atoms with van der Waals surface area (Å²) in [7, 11) is 0. The molecule has 132 valence electrons. The van der Waals surface area contributed by atoms with Gasteiger partial charge in [-0.05, 0) is 41.8 Å². The van der Waals surface area contributed by atoms with E-state index in [0.717, 1.165) is 12.0 Å². The first kappa shape index (κ1) is 18.9. The third-order valence-electron chi connectivity index (χ3n) is 3.22. The number of hydrogen-bond acceptors (Lipinski definition) is 4. The van der Waals surface area contributed by atoms with Crippen LogP contribution in [0.5, 0.6) is 0 Å². The third kappa shape index (κ3) is 6.93. The van der Waals surface area contributed by atoms with Crippen LogP contribution in [0.3, 0.4) is 0 Å². The molecule has 1 N–H and O–H groups in total. The van der Waals surface area contributed by atoms with Crippen LogP contribution in [-0.2, 0) is 16.1 Å². The summed E-state index contributed by atoms with van der Waals surface area (Å²) in [6, 6.07) is 14.0. The molecule has 4 nitrogen and oxygen atoms in total. The van der Waals surface area contributed by atoms with E-state index in [0.29, 0.717) is 22.3 Å². The SMILES string of the molecule is CCc1ccc(C=NOCC(=O)Nc2ccc(SC(F)F)cc2)cc1. The molecule has 2 aromatic carbocycles. The van der Waals surface area contributed by atoms with Crippen LogP contribution < -0.4 is 5.32 Å². The van der Waals surface area contributed by atoms with Gasteiger partial charge in [-0.3, -0.25) is 4.79 Å². The van der Waals surface area contributed by atoms with Crippen LogP contribution in [0.15, 0.2) is 58.6 Å². The van der Waals surface area contributed by atoms with Crippen molar-refractivity contribution in [1.29, 1.82) is 0 Å². The summed E-state index contributed by atoms with van der Waals surface area (Å²) in [4.78, 5) is 17.1. The molecule has 1 amide bonds. The molecule has 0 aliphatic rings. The Morgan fingerprint density at radius 3 is 2.48 bits per heavy atom. The molecular formula is C18H18F2N2O2S. The zero-order valence-electron chi connectivity index (χ0n) is 13.6. The Bertz CT molecular complexity index is 704. The number of oxime groups is 1. The second kappa shape index (κ2) is 9.78. The highest BCUT2D eigenvalue weighted by atomic mass is 32.2. The lowest BCUT2D eigenvalue weighted by Crippen LogP contribution is -2.16. The third-order valence-corrected chi connectivity index (χ3v) is 3.95. The Labute approximate surface area is 149 Å². The zero-order chi connectivity index (χ0) is 18.1. The summed E-state index contributed by atoms with van der Waals surface area (Å²) in [6.07, 6.45) is 2.50. The second-order valence-corrected chi connectivity index (χ2v) is 6.12. The fourth-order valence-corrected chi connectivity index (χ4v) is 2.45. The van der Waals surface area contributed by atoms with Gasteiger partial charge in [0.2, 0.25) is 0 Å². The summed E-state index contributed by atoms with van der Waals surface area (Å²) >= 11 is 0.453. The molecule has 0 atom stereocenters. The van der Waals surface area contributed by atoms with Gasteiger partial charge >= 0.3 is 0 Å². The predicted molar refractivity (Wildman–Crippen MR) is 96.3 cm³/mol. The number of aryl methyl sites for hydroxylation is 1. The van der Waals surface area contributed by atoms with E-state index in [1.54, 1.807) is 12.1 Å². The van der Waals surface area contributed by atoms with Crippen LogP contribution in [0.2, 0.25) is 0 Å². The van der Waals surface area contributed by atoms with E-state index in [9.17, 15) is 13.6 Å². The molecule has 0 saturated heterocycles. The number of benzene rings is 2. The average Bonchev–Trinajstić information content (AvgIpc) is 2.60. The predicted octanol–water partition coefficient (Wildman–Crippen LogP) is 4.55. The number of carbonyl (C=O) groups excluding carboxylic acids is 1. The number of thioether (sulfide) groups is 1. The highest BCUT2D eigenvalue weighted by Crippen LogP contribution is 2.26. The monoisotopic (exact) mass is 364 g/mol. The average molecular weight is 364 g/mol. The number of hydrogen-bond donors (Lipinski definition) is 1. The highest BCUT2D eigenvalue weighted by Gasteiger charge is 2.06. The number of halogens is 2. The van der Waals surface area contributed by atoms with E-state index in [1.807, 2.05) is 24.3 Å². The Morgan fingerprint density at radius 1 is 1.20 bits per heavy atom. The van der Waals surface area contributed by atoms with E-state index < -0.39 is 5.76 Å². The summed E-state index contributed by atoms with van der Waals surface area (Å²) in [6.45, 7) is 1.84. The molecule has 0 bridgehead atoms. The summed E-state index contributed by atoms with van der Waals surface area (Å²) in [5.41, 5.74) is 2.62. The van der Waals surface area contributed by atoms with Crippen molar-refractivity contribution in [2.45, 2.75) is 24.0 Å². The van der Waals surface area contributed by atoms with Crippen molar-refractivity contribution >= 4 is 29.6 Å². The van der Waals surface area contributed by atoms with Gasteiger partial charge in [0.05, 0.1) is 6.21 Å². The van der Waals surface area contributed by atoms with E-state index in [1.165, 1.54) is 23.9 Å². The Kier molecular flexibility index (Phi) is 7.40. The maximum atomic E-state index is 12.2. The first-order valence-corrected chi connectivity index (χ1v) is 8.54. The molecule has 0 aromatic heterocycles. The lowest BCUT2D eigenvalue weighted by atomic mass is 10.1. The van der Waals surface area contributed by atoms with Gasteiger partial charge in [0, 0.05) is 10.6 Å². The quantitative estimate of drug-likeness (QED) is 0.425. The Hall–Kier alpha value is -2.41. The Balaban J connectivity index is 1.75. The van der Waals surface area contributed by atoms with Crippen molar-refractivity contribution in [2.24, 2.45) is 5.16 Å². The second-order valence-electron chi connectivity index (χ2n) is 5.05. The smallest absolute Gasteiger partial charge is 0.288 e. The molecule has 0 spiro atoms. The molecule has 0 saturated carbocycles. The van der Waals surface area contributed by atoms with E-state index in [2.05, 4.69) is 17.4 Å². The van der Waals surface area contributed by atoms with Crippen LogP contribution in [-0.4, -0.2) is 24.5 Å². The standard InChI is InChI=1S/C18H18F2N2O2S/c1-2-13-3-5-14(6-4-13)11-21-24-12-17(23)22-15-7-9-16(10-8-15)25-18(19)20/h3-11,18H,2,12H2,1H3,(H,22,23). The van der Waals surface area contributed by atoms with E-state index in [-0.39, 0.29) is 12.5 Å². The van der Waals surface area contributed by atoms with Gasteiger partial charge in [-0.1, -0.05) is 48.1 Å². The minimum atomic E-state index is -2.47. The minimum Gasteiger partial charge on any atom is -0.386 e. The summed E-state index contributed by atoms with van der Waals surface area (Å²) in [5.74, 6) is -2.85. The summed E-state index contributed by atoms with van der Waals surface area (Å²) in [5, 5.41) is 6.35. The van der Waals surface area contributed by atoms with Crippen molar-refractivity contribution in [3.05, 3.63) is 59.7 Å². The zero-order valence-corrected chi connectivity index (χ0v) is 14.4. The van der Waals surface area contributed by atoms with E-state index in [4.69, 9.17) is 4.84 Å². The van der Waals surface area contributed by atoms with Gasteiger partial charge < -0.3 is 10.2 Å². The number of nitrogens with one attached hydrogen (secondary N) is 1. The van der Waals surface area contributed by atoms with Crippen molar-refractivity contribution in [1.82, 2.24) is 0 Å². The number of anilines is 1. The van der Waals surface area contributed by atoms with Gasteiger partial charge in [-0.2, -0.15) is 8.78 Å². The largest absolute Gasteiger partial charge is 0.386 e. The number of amides is 1. The van der Waals surface area contributed by atoms with Crippen molar-refractivity contribution in [3.8, 4) is 0 Å². The first-order valence-electron chi connectivity index (χ1n) is 7.66. The molecule has 0 aliphatic carbocycles. The van der Waals surface area contributed by atoms with E-state index >= 15 is 0 Å². The van der Waals surface area contributed by atoms with Crippen LogP contribution in [0.25, 0.3) is 0 Å². The number of nitrogens with zero attached hydrogens (tertiary/aromatic N) is 1. The summed E-state index contributed by atoms with van der Waals surface area (Å²) < 4.78 is 24.5. The number of rotatable bonds is 8. The van der Waals surface area contributed by atoms with Gasteiger partial charge in [-0.25, -0.2) is 0 Å². The van der Waals surface area contributed by atoms with Gasteiger partial charge in [0.25, 0.3) is 11.7 Å². The minimum absolute atomic E-state index is 0.239. The molecule has 2 aromatic rings. The van der Waals surface area contributed by atoms with Crippen LogP contribution in [0.4, 0.5) is 14.5 Å². The fraction of sp³-hybridized carbons (Fsp3) is 0.222. The molecule has 0 fully saturated rings. The van der Waals surface area contributed by atoms with Crippen molar-refractivity contribution in [3.63, 3.8) is 0 Å². The maximum Gasteiger partial charge on any atom is 0.288 e. The lowest BCUT2D eigenvalue weighted by molar-refractivity contribution is -0.120. The number of carbonyl (C=O) groups is 1. The van der Waals surface area contributed by atoms with Gasteiger partial charge in [-0.15, -0.1) is 0 Å². The molecule has 0 aliphatic heterocycles. The maximum absolute atomic E-state index is 12.2. The molecule has 0 heterocycles. The van der Waals surface area contributed by atoms with Gasteiger partial charge in [0.1, 0.15) is 0 Å². The van der Waals surface area contributed by atoms with Crippen molar-refractivity contribution < 1.29 is 18.4 Å². The van der Waals surface area contributed by atoms with Crippen LogP contribution in [0, 0.1) is 0 Å². The molecule has 7 heteroatoms. The fourth-order valence-electron chi connectivity index (χ4n) is 1.95. The molecule has 0 unspecified atom stereocenters. The topological polar surface area (TPSA) is 50.7 Å².